The summed E-state index contributed by atoms with van der Waals surface area (Å²) in [5.74, 6) is -0.134. The number of carbonyl (C=O) groups is 2. The Labute approximate surface area is 99.7 Å². The summed E-state index contributed by atoms with van der Waals surface area (Å²) in [6.07, 6.45) is 9.06. The van der Waals surface area contributed by atoms with Crippen molar-refractivity contribution in [3.8, 4) is 0 Å². The lowest BCUT2D eigenvalue weighted by Gasteiger charge is -2.41. The van der Waals surface area contributed by atoms with Gasteiger partial charge in [0.1, 0.15) is 11.1 Å². The van der Waals surface area contributed by atoms with Crippen LogP contribution in [-0.2, 0) is 9.59 Å². The van der Waals surface area contributed by atoms with Gasteiger partial charge in [-0.15, -0.1) is 0 Å². The fourth-order valence-corrected chi connectivity index (χ4v) is 2.95. The highest BCUT2D eigenvalue weighted by atomic mass is 16.2. The SMILES string of the molecule is CNC(=O)C1=C2CC3C=CC2(C=C3)N(C)C1=O. The minimum Gasteiger partial charge on any atom is -0.355 e. The van der Waals surface area contributed by atoms with Crippen LogP contribution in [0.3, 0.4) is 0 Å². The molecular formula is C13H14N2O2. The van der Waals surface area contributed by atoms with E-state index < -0.39 is 5.54 Å². The summed E-state index contributed by atoms with van der Waals surface area (Å²) < 4.78 is 0. The fraction of sp³-hybridized carbons (Fsp3) is 0.385. The van der Waals surface area contributed by atoms with E-state index in [9.17, 15) is 9.59 Å². The van der Waals surface area contributed by atoms with Crippen LogP contribution < -0.4 is 5.32 Å². The van der Waals surface area contributed by atoms with Crippen LogP contribution in [0.15, 0.2) is 35.5 Å². The summed E-state index contributed by atoms with van der Waals surface area (Å²) in [6, 6.07) is 0. The molecule has 1 aliphatic heterocycles. The summed E-state index contributed by atoms with van der Waals surface area (Å²) in [4.78, 5) is 25.7. The van der Waals surface area contributed by atoms with E-state index in [1.54, 1.807) is 19.0 Å². The molecule has 3 aliphatic carbocycles. The molecule has 1 N–H and O–H groups in total. The van der Waals surface area contributed by atoms with Gasteiger partial charge in [-0.05, 0) is 17.9 Å². The van der Waals surface area contributed by atoms with Crippen molar-refractivity contribution in [1.82, 2.24) is 10.2 Å². The predicted octanol–water partition coefficient (Wildman–Crippen LogP) is 0.386. The number of allylic oxidation sites excluding steroid dienone is 2. The van der Waals surface area contributed by atoms with E-state index in [1.165, 1.54) is 0 Å². The number of nitrogens with zero attached hydrogens (tertiary/aromatic N) is 1. The van der Waals surface area contributed by atoms with Gasteiger partial charge in [-0.2, -0.15) is 0 Å². The van der Waals surface area contributed by atoms with Crippen molar-refractivity contribution < 1.29 is 9.59 Å². The van der Waals surface area contributed by atoms with E-state index in [-0.39, 0.29) is 11.8 Å². The Morgan fingerprint density at radius 1 is 1.47 bits per heavy atom. The summed E-state index contributed by atoms with van der Waals surface area (Å²) in [5, 5.41) is 2.55. The highest BCUT2D eigenvalue weighted by Crippen LogP contribution is 2.47. The van der Waals surface area contributed by atoms with Crippen molar-refractivity contribution in [2.45, 2.75) is 12.0 Å². The molecule has 0 aromatic carbocycles. The van der Waals surface area contributed by atoms with E-state index in [2.05, 4.69) is 17.5 Å². The molecule has 0 saturated carbocycles. The van der Waals surface area contributed by atoms with Gasteiger partial charge in [0.05, 0.1) is 0 Å². The van der Waals surface area contributed by atoms with Gasteiger partial charge in [-0.25, -0.2) is 0 Å². The van der Waals surface area contributed by atoms with Crippen molar-refractivity contribution in [3.05, 3.63) is 35.5 Å². The molecule has 0 atom stereocenters. The van der Waals surface area contributed by atoms with Gasteiger partial charge >= 0.3 is 0 Å². The van der Waals surface area contributed by atoms with Gasteiger partial charge in [0.25, 0.3) is 11.8 Å². The minimum atomic E-state index is -0.478. The molecular weight excluding hydrogens is 216 g/mol. The second kappa shape index (κ2) is 3.09. The Morgan fingerprint density at radius 3 is 2.71 bits per heavy atom. The zero-order chi connectivity index (χ0) is 12.2. The topological polar surface area (TPSA) is 49.4 Å². The van der Waals surface area contributed by atoms with Crippen molar-refractivity contribution in [1.29, 1.82) is 0 Å². The van der Waals surface area contributed by atoms with Crippen LogP contribution >= 0.6 is 0 Å². The molecule has 4 rings (SSSR count). The van der Waals surface area contributed by atoms with E-state index in [0.717, 1.165) is 12.0 Å². The normalized spacial score (nSPS) is 33.4. The molecule has 0 aromatic heterocycles. The van der Waals surface area contributed by atoms with Gasteiger partial charge in [0.15, 0.2) is 0 Å². The molecule has 0 fully saturated rings. The number of nitrogens with one attached hydrogen (secondary N) is 1. The summed E-state index contributed by atoms with van der Waals surface area (Å²) >= 11 is 0. The van der Waals surface area contributed by atoms with Gasteiger partial charge in [-0.3, -0.25) is 9.59 Å². The van der Waals surface area contributed by atoms with Crippen molar-refractivity contribution in [2.75, 3.05) is 14.1 Å². The second-order valence-corrected chi connectivity index (χ2v) is 4.71. The Bertz CT molecular complexity index is 500. The Morgan fingerprint density at radius 2 is 2.12 bits per heavy atom. The summed E-state index contributed by atoms with van der Waals surface area (Å²) in [6.45, 7) is 0. The van der Waals surface area contributed by atoms with E-state index in [1.807, 2.05) is 12.2 Å². The average molecular weight is 230 g/mol. The molecule has 0 saturated heterocycles. The summed E-state index contributed by atoms with van der Waals surface area (Å²) in [5.41, 5.74) is 0.793. The first-order valence-corrected chi connectivity index (χ1v) is 5.73. The number of likely N-dealkylation sites (N-methyl/N-ethyl adjacent to an activating group) is 2. The maximum Gasteiger partial charge on any atom is 0.260 e. The largest absolute Gasteiger partial charge is 0.355 e. The highest BCUT2D eigenvalue weighted by Gasteiger charge is 2.51. The third-order valence-electron chi connectivity index (χ3n) is 3.95. The monoisotopic (exact) mass is 230 g/mol. The lowest BCUT2D eigenvalue weighted by atomic mass is 9.72. The maximum atomic E-state index is 12.2. The molecule has 17 heavy (non-hydrogen) atoms. The van der Waals surface area contributed by atoms with E-state index in [4.69, 9.17) is 0 Å². The lowest BCUT2D eigenvalue weighted by Crippen LogP contribution is -2.46. The van der Waals surface area contributed by atoms with Crippen LogP contribution in [0, 0.1) is 5.92 Å². The van der Waals surface area contributed by atoms with E-state index >= 15 is 0 Å². The van der Waals surface area contributed by atoms with E-state index in [0.29, 0.717) is 11.5 Å². The predicted molar refractivity (Wildman–Crippen MR) is 63.0 cm³/mol. The number of carbonyl (C=O) groups excluding carboxylic acids is 2. The highest BCUT2D eigenvalue weighted by molar-refractivity contribution is 6.21. The van der Waals surface area contributed by atoms with Gasteiger partial charge < -0.3 is 10.2 Å². The molecule has 4 aliphatic rings. The Balaban J connectivity index is 2.22. The number of amides is 2. The molecule has 4 nitrogen and oxygen atoms in total. The zero-order valence-electron chi connectivity index (χ0n) is 9.86. The molecule has 2 amide bonds. The van der Waals surface area contributed by atoms with Gasteiger partial charge in [0, 0.05) is 14.1 Å². The van der Waals surface area contributed by atoms with Gasteiger partial charge in [-0.1, -0.05) is 24.3 Å². The van der Waals surface area contributed by atoms with Crippen molar-refractivity contribution in [2.24, 2.45) is 5.92 Å². The molecule has 0 unspecified atom stereocenters. The molecule has 0 radical (unpaired) electrons. The standard InChI is InChI=1S/C13H14N2O2/c1-14-11(16)10-9-7-8-3-5-13(9,6-4-8)15(2)12(10)17/h3-6,8H,7H2,1-2H3,(H,14,16). The molecule has 4 heteroatoms. The number of hydrogen-bond acceptors (Lipinski definition) is 2. The van der Waals surface area contributed by atoms with Crippen LogP contribution in [-0.4, -0.2) is 36.3 Å². The van der Waals surface area contributed by atoms with Crippen LogP contribution in [0.4, 0.5) is 0 Å². The molecule has 1 heterocycles. The maximum absolute atomic E-state index is 12.2. The number of hydrogen-bond donors (Lipinski definition) is 1. The van der Waals surface area contributed by atoms with Crippen molar-refractivity contribution >= 4 is 11.8 Å². The van der Waals surface area contributed by atoms with Crippen molar-refractivity contribution in [3.63, 3.8) is 0 Å². The average Bonchev–Trinajstić information content (AvgIpc) is 2.59. The quantitative estimate of drug-likeness (QED) is 0.523. The first-order chi connectivity index (χ1) is 8.10. The molecule has 0 aromatic rings. The molecule has 2 bridgehead atoms. The van der Waals surface area contributed by atoms with Crippen LogP contribution in [0.2, 0.25) is 0 Å². The number of rotatable bonds is 1. The first-order valence-electron chi connectivity index (χ1n) is 5.73. The lowest BCUT2D eigenvalue weighted by molar-refractivity contribution is -0.129. The fourth-order valence-electron chi connectivity index (χ4n) is 2.95. The van der Waals surface area contributed by atoms with Crippen LogP contribution in [0.25, 0.3) is 0 Å². The Hall–Kier alpha value is -1.84. The zero-order valence-corrected chi connectivity index (χ0v) is 9.86. The summed E-state index contributed by atoms with van der Waals surface area (Å²) in [7, 11) is 3.31. The second-order valence-electron chi connectivity index (χ2n) is 4.71. The molecule has 1 spiro atoms. The molecule has 88 valence electrons. The first kappa shape index (κ1) is 10.3. The third kappa shape index (κ3) is 1.07. The Kier molecular flexibility index (Phi) is 1.88. The smallest absolute Gasteiger partial charge is 0.260 e. The minimum absolute atomic E-state index is 0.184. The van der Waals surface area contributed by atoms with Crippen LogP contribution in [0.1, 0.15) is 6.42 Å². The third-order valence-corrected chi connectivity index (χ3v) is 3.95. The van der Waals surface area contributed by atoms with Gasteiger partial charge in [0.2, 0.25) is 0 Å². The van der Waals surface area contributed by atoms with Crippen LogP contribution in [0.5, 0.6) is 0 Å².